The summed E-state index contributed by atoms with van der Waals surface area (Å²) in [6, 6.07) is 4.67. The predicted molar refractivity (Wildman–Crippen MR) is 70.8 cm³/mol. The number of carbonyl (C=O) groups excluding carboxylic acids is 1. The number of carbonyl (C=O) groups is 2. The van der Waals surface area contributed by atoms with E-state index in [4.69, 9.17) is 5.11 Å². The molecule has 1 amide bonds. The molecule has 1 aromatic carbocycles. The maximum absolute atomic E-state index is 11.3. The Hall–Kier alpha value is -2.04. The highest BCUT2D eigenvalue weighted by Crippen LogP contribution is 2.24. The molecule has 0 aromatic heterocycles. The second-order valence-electron chi connectivity index (χ2n) is 4.08. The number of aliphatic carboxylic acids is 1. The smallest absolute Gasteiger partial charge is 0.325 e. The van der Waals surface area contributed by atoms with Crippen molar-refractivity contribution in [3.63, 3.8) is 0 Å². The molecule has 1 unspecified atom stereocenters. The van der Waals surface area contributed by atoms with Gasteiger partial charge in [0.2, 0.25) is 5.91 Å². The van der Waals surface area contributed by atoms with Gasteiger partial charge in [0.15, 0.2) is 0 Å². The molecule has 1 atom stereocenters. The fourth-order valence-electron chi connectivity index (χ4n) is 1.46. The average molecular weight is 250 g/mol. The van der Waals surface area contributed by atoms with E-state index in [9.17, 15) is 9.59 Å². The molecule has 18 heavy (non-hydrogen) atoms. The summed E-state index contributed by atoms with van der Waals surface area (Å²) in [7, 11) is 0. The van der Waals surface area contributed by atoms with Crippen molar-refractivity contribution in [1.82, 2.24) is 0 Å². The molecule has 0 aliphatic heterocycles. The molecule has 5 nitrogen and oxygen atoms in total. The van der Waals surface area contributed by atoms with Crippen molar-refractivity contribution in [3.05, 3.63) is 23.8 Å². The van der Waals surface area contributed by atoms with E-state index >= 15 is 0 Å². The van der Waals surface area contributed by atoms with Crippen molar-refractivity contribution in [1.29, 1.82) is 0 Å². The van der Waals surface area contributed by atoms with E-state index in [0.29, 0.717) is 17.8 Å². The lowest BCUT2D eigenvalue weighted by Gasteiger charge is -2.16. The Bertz CT molecular complexity index is 458. The van der Waals surface area contributed by atoms with Gasteiger partial charge in [0, 0.05) is 17.8 Å². The molecular weight excluding hydrogens is 232 g/mol. The van der Waals surface area contributed by atoms with E-state index < -0.39 is 12.0 Å². The molecule has 3 N–H and O–H groups in total. The molecule has 5 heteroatoms. The van der Waals surface area contributed by atoms with Gasteiger partial charge in [-0.1, -0.05) is 13.0 Å². The molecular formula is C13H18N2O3. The molecule has 1 rings (SSSR count). The number of rotatable bonds is 5. The van der Waals surface area contributed by atoms with Crippen molar-refractivity contribution >= 4 is 23.3 Å². The number of benzene rings is 1. The number of amides is 1. The third-order valence-electron chi connectivity index (χ3n) is 2.67. The number of nitrogens with one attached hydrogen (secondary N) is 2. The van der Waals surface area contributed by atoms with E-state index in [0.717, 1.165) is 5.56 Å². The van der Waals surface area contributed by atoms with Crippen LogP contribution in [0.25, 0.3) is 0 Å². The van der Waals surface area contributed by atoms with Gasteiger partial charge in [-0.15, -0.1) is 0 Å². The van der Waals surface area contributed by atoms with Crippen LogP contribution in [-0.2, 0) is 9.59 Å². The highest BCUT2D eigenvalue weighted by atomic mass is 16.4. The standard InChI is InChI=1S/C13H18N2O3/c1-4-12(16)15-11-7-5-6-10(8(11)2)14-9(3)13(17)18/h5-7,9,14H,4H2,1-3H3,(H,15,16)(H,17,18). The van der Waals surface area contributed by atoms with Crippen LogP contribution in [0.3, 0.4) is 0 Å². The van der Waals surface area contributed by atoms with Crippen LogP contribution in [0, 0.1) is 6.92 Å². The lowest BCUT2D eigenvalue weighted by molar-refractivity contribution is -0.137. The Labute approximate surface area is 106 Å². The number of hydrogen-bond donors (Lipinski definition) is 3. The summed E-state index contributed by atoms with van der Waals surface area (Å²) in [5.41, 5.74) is 2.23. The molecule has 0 spiro atoms. The van der Waals surface area contributed by atoms with Gasteiger partial charge < -0.3 is 15.7 Å². The topological polar surface area (TPSA) is 78.4 Å². The van der Waals surface area contributed by atoms with Crippen molar-refractivity contribution < 1.29 is 14.7 Å². The zero-order chi connectivity index (χ0) is 13.7. The van der Waals surface area contributed by atoms with Gasteiger partial charge in [-0.3, -0.25) is 9.59 Å². The molecule has 98 valence electrons. The lowest BCUT2D eigenvalue weighted by Crippen LogP contribution is -2.26. The monoisotopic (exact) mass is 250 g/mol. The van der Waals surface area contributed by atoms with Crippen LogP contribution in [0.2, 0.25) is 0 Å². The Kier molecular flexibility index (Phi) is 4.71. The number of anilines is 2. The summed E-state index contributed by atoms with van der Waals surface area (Å²) in [5.74, 6) is -0.987. The van der Waals surface area contributed by atoms with E-state index in [-0.39, 0.29) is 5.91 Å². The van der Waals surface area contributed by atoms with E-state index in [1.807, 2.05) is 6.92 Å². The maximum atomic E-state index is 11.3. The van der Waals surface area contributed by atoms with Gasteiger partial charge in [-0.2, -0.15) is 0 Å². The fraction of sp³-hybridized carbons (Fsp3) is 0.385. The minimum absolute atomic E-state index is 0.0680. The van der Waals surface area contributed by atoms with Crippen LogP contribution in [0.15, 0.2) is 18.2 Å². The minimum atomic E-state index is -0.919. The predicted octanol–water partition coefficient (Wildman–Crippen LogP) is 2.23. The Balaban J connectivity index is 2.91. The largest absolute Gasteiger partial charge is 0.480 e. The van der Waals surface area contributed by atoms with Crippen LogP contribution >= 0.6 is 0 Å². The van der Waals surface area contributed by atoms with E-state index in [1.165, 1.54) is 0 Å². The van der Waals surface area contributed by atoms with Crippen LogP contribution in [0.1, 0.15) is 25.8 Å². The van der Waals surface area contributed by atoms with Gasteiger partial charge in [0.1, 0.15) is 6.04 Å². The molecule has 0 saturated carbocycles. The Morgan fingerprint density at radius 1 is 1.33 bits per heavy atom. The third kappa shape index (κ3) is 3.48. The first-order chi connectivity index (χ1) is 8.45. The van der Waals surface area contributed by atoms with Gasteiger partial charge >= 0.3 is 5.97 Å². The molecule has 0 aliphatic rings. The summed E-state index contributed by atoms with van der Waals surface area (Å²) in [6.07, 6.45) is 0.405. The summed E-state index contributed by atoms with van der Waals surface area (Å²) in [5, 5.41) is 14.5. The lowest BCUT2D eigenvalue weighted by atomic mass is 10.1. The number of hydrogen-bond acceptors (Lipinski definition) is 3. The first kappa shape index (κ1) is 14.0. The molecule has 1 aromatic rings. The summed E-state index contributed by atoms with van der Waals surface area (Å²) < 4.78 is 0. The van der Waals surface area contributed by atoms with Crippen LogP contribution in [-0.4, -0.2) is 23.0 Å². The highest BCUT2D eigenvalue weighted by molar-refractivity contribution is 5.92. The molecule has 0 fully saturated rings. The molecule has 0 aliphatic carbocycles. The summed E-state index contributed by atoms with van der Waals surface area (Å²) in [6.45, 7) is 5.18. The average Bonchev–Trinajstić information content (AvgIpc) is 2.33. The summed E-state index contributed by atoms with van der Waals surface area (Å²) in [4.78, 5) is 22.1. The SMILES string of the molecule is CCC(=O)Nc1cccc(NC(C)C(=O)O)c1C. The first-order valence-corrected chi connectivity index (χ1v) is 5.84. The van der Waals surface area contributed by atoms with Gasteiger partial charge in [0.05, 0.1) is 0 Å². The van der Waals surface area contributed by atoms with Gasteiger partial charge in [-0.05, 0) is 31.5 Å². The van der Waals surface area contributed by atoms with Gasteiger partial charge in [0.25, 0.3) is 0 Å². The fourth-order valence-corrected chi connectivity index (χ4v) is 1.46. The van der Waals surface area contributed by atoms with Crippen molar-refractivity contribution in [2.24, 2.45) is 0 Å². The van der Waals surface area contributed by atoms with Crippen molar-refractivity contribution in [2.75, 3.05) is 10.6 Å². The molecule has 0 saturated heterocycles. The van der Waals surface area contributed by atoms with Crippen LogP contribution < -0.4 is 10.6 Å². The molecule has 0 radical (unpaired) electrons. The zero-order valence-corrected chi connectivity index (χ0v) is 10.8. The highest BCUT2D eigenvalue weighted by Gasteiger charge is 2.13. The third-order valence-corrected chi connectivity index (χ3v) is 2.67. The van der Waals surface area contributed by atoms with Crippen molar-refractivity contribution in [2.45, 2.75) is 33.2 Å². The normalized spacial score (nSPS) is 11.7. The molecule has 0 bridgehead atoms. The number of carboxylic acids is 1. The minimum Gasteiger partial charge on any atom is -0.480 e. The zero-order valence-electron chi connectivity index (χ0n) is 10.8. The first-order valence-electron chi connectivity index (χ1n) is 5.84. The van der Waals surface area contributed by atoms with Crippen LogP contribution in [0.5, 0.6) is 0 Å². The second kappa shape index (κ2) is 6.05. The van der Waals surface area contributed by atoms with Crippen molar-refractivity contribution in [3.8, 4) is 0 Å². The molecule has 0 heterocycles. The maximum Gasteiger partial charge on any atom is 0.325 e. The Morgan fingerprint density at radius 3 is 2.50 bits per heavy atom. The van der Waals surface area contributed by atoms with Crippen LogP contribution in [0.4, 0.5) is 11.4 Å². The Morgan fingerprint density at radius 2 is 1.94 bits per heavy atom. The number of carboxylic acid groups (broad SMARTS) is 1. The van der Waals surface area contributed by atoms with E-state index in [1.54, 1.807) is 32.0 Å². The van der Waals surface area contributed by atoms with Gasteiger partial charge in [-0.25, -0.2) is 0 Å². The summed E-state index contributed by atoms with van der Waals surface area (Å²) >= 11 is 0. The second-order valence-corrected chi connectivity index (χ2v) is 4.08. The quantitative estimate of drug-likeness (QED) is 0.748. The van der Waals surface area contributed by atoms with E-state index in [2.05, 4.69) is 10.6 Å².